The molecule has 0 atom stereocenters. The number of rotatable bonds is 4. The van der Waals surface area contributed by atoms with Gasteiger partial charge in [0.25, 0.3) is 0 Å². The fourth-order valence-corrected chi connectivity index (χ4v) is 2.06. The van der Waals surface area contributed by atoms with Crippen molar-refractivity contribution in [1.82, 2.24) is 0 Å². The van der Waals surface area contributed by atoms with Gasteiger partial charge in [-0.1, -0.05) is 35.4 Å². The third-order valence-electron chi connectivity index (χ3n) is 3.12. The van der Waals surface area contributed by atoms with Gasteiger partial charge in [0.15, 0.2) is 0 Å². The Morgan fingerprint density at radius 1 is 1.05 bits per heavy atom. The molecule has 0 saturated carbocycles. The number of nitrogens with one attached hydrogen (secondary N) is 1. The number of benzene rings is 2. The molecule has 2 rings (SSSR count). The number of hydrogen-bond acceptors (Lipinski definition) is 2. The summed E-state index contributed by atoms with van der Waals surface area (Å²) in [4.78, 5) is 12.1. The van der Waals surface area contributed by atoms with Gasteiger partial charge in [-0.2, -0.15) is 0 Å². The van der Waals surface area contributed by atoms with Crippen LogP contribution in [0.3, 0.4) is 0 Å². The van der Waals surface area contributed by atoms with Crippen LogP contribution in [0.25, 0.3) is 0 Å². The molecule has 20 heavy (non-hydrogen) atoms. The lowest BCUT2D eigenvalue weighted by molar-refractivity contribution is -0.115. The second kappa shape index (κ2) is 6.24. The highest BCUT2D eigenvalue weighted by atomic mass is 16.5. The van der Waals surface area contributed by atoms with E-state index in [0.29, 0.717) is 6.42 Å². The molecular weight excluding hydrogens is 250 g/mol. The van der Waals surface area contributed by atoms with E-state index in [9.17, 15) is 4.79 Å². The minimum atomic E-state index is -0.0437. The maximum Gasteiger partial charge on any atom is 0.228 e. The summed E-state index contributed by atoms with van der Waals surface area (Å²) in [7, 11) is 1.62. The second-order valence-electron chi connectivity index (χ2n) is 4.91. The molecule has 2 aromatic carbocycles. The summed E-state index contributed by atoms with van der Waals surface area (Å²) in [5, 5.41) is 2.89. The largest absolute Gasteiger partial charge is 0.496 e. The Morgan fingerprint density at radius 2 is 1.70 bits per heavy atom. The van der Waals surface area contributed by atoms with Crippen LogP contribution in [0.15, 0.2) is 42.5 Å². The molecule has 0 unspecified atom stereocenters. The fraction of sp³-hybridized carbons (Fsp3) is 0.235. The summed E-state index contributed by atoms with van der Waals surface area (Å²) in [6, 6.07) is 13.6. The minimum absolute atomic E-state index is 0.0437. The molecular formula is C17H19NO2. The highest BCUT2D eigenvalue weighted by Crippen LogP contribution is 2.20. The third-order valence-corrected chi connectivity index (χ3v) is 3.12. The summed E-state index contributed by atoms with van der Waals surface area (Å²) in [6.45, 7) is 4.02. The molecule has 0 radical (unpaired) electrons. The molecule has 0 bridgehead atoms. The highest BCUT2D eigenvalue weighted by molar-refractivity contribution is 5.92. The van der Waals surface area contributed by atoms with Gasteiger partial charge in [-0.05, 0) is 32.0 Å². The van der Waals surface area contributed by atoms with Crippen LogP contribution in [0.5, 0.6) is 5.75 Å². The highest BCUT2D eigenvalue weighted by Gasteiger charge is 2.09. The van der Waals surface area contributed by atoms with Crippen LogP contribution in [-0.2, 0) is 11.2 Å². The number of hydrogen-bond donors (Lipinski definition) is 1. The molecule has 0 aliphatic carbocycles. The monoisotopic (exact) mass is 269 g/mol. The molecule has 0 aromatic heterocycles. The van der Waals surface area contributed by atoms with Crippen molar-refractivity contribution in [1.29, 1.82) is 0 Å². The normalized spacial score (nSPS) is 10.2. The van der Waals surface area contributed by atoms with Gasteiger partial charge < -0.3 is 10.1 Å². The average Bonchev–Trinajstić information content (AvgIpc) is 2.41. The first-order valence-corrected chi connectivity index (χ1v) is 6.58. The maximum atomic E-state index is 12.1. The maximum absolute atomic E-state index is 12.1. The number of methoxy groups -OCH3 is 1. The number of carbonyl (C=O) groups is 1. The molecule has 0 saturated heterocycles. The van der Waals surface area contributed by atoms with Gasteiger partial charge in [-0.15, -0.1) is 0 Å². The Morgan fingerprint density at radius 3 is 2.35 bits per heavy atom. The third kappa shape index (κ3) is 3.60. The van der Waals surface area contributed by atoms with Gasteiger partial charge in [0.2, 0.25) is 5.91 Å². The number of amides is 1. The van der Waals surface area contributed by atoms with Gasteiger partial charge in [0.1, 0.15) is 5.75 Å². The zero-order valence-electron chi connectivity index (χ0n) is 12.1. The predicted molar refractivity (Wildman–Crippen MR) is 81.2 cm³/mol. The molecule has 104 valence electrons. The first-order chi connectivity index (χ1) is 9.58. The Hall–Kier alpha value is -2.29. The molecule has 0 fully saturated rings. The quantitative estimate of drug-likeness (QED) is 0.922. The van der Waals surface area contributed by atoms with Crippen LogP contribution in [-0.4, -0.2) is 13.0 Å². The lowest BCUT2D eigenvalue weighted by Crippen LogP contribution is -2.15. The van der Waals surface area contributed by atoms with E-state index in [1.165, 1.54) is 5.56 Å². The molecule has 0 aliphatic heterocycles. The lowest BCUT2D eigenvalue weighted by Gasteiger charge is -2.10. The van der Waals surface area contributed by atoms with E-state index in [0.717, 1.165) is 22.6 Å². The van der Waals surface area contributed by atoms with Gasteiger partial charge in [-0.3, -0.25) is 4.79 Å². The molecule has 0 spiro atoms. The van der Waals surface area contributed by atoms with Gasteiger partial charge in [0, 0.05) is 11.3 Å². The van der Waals surface area contributed by atoms with Crippen LogP contribution in [0, 0.1) is 13.8 Å². The van der Waals surface area contributed by atoms with Crippen molar-refractivity contribution in [2.45, 2.75) is 20.3 Å². The fourth-order valence-electron chi connectivity index (χ4n) is 2.06. The minimum Gasteiger partial charge on any atom is -0.496 e. The van der Waals surface area contributed by atoms with Crippen molar-refractivity contribution >= 4 is 11.6 Å². The van der Waals surface area contributed by atoms with E-state index in [2.05, 4.69) is 5.32 Å². The summed E-state index contributed by atoms with van der Waals surface area (Å²) in [5.41, 5.74) is 4.00. The lowest BCUT2D eigenvalue weighted by atomic mass is 10.1. The van der Waals surface area contributed by atoms with E-state index >= 15 is 0 Å². The van der Waals surface area contributed by atoms with E-state index in [-0.39, 0.29) is 5.91 Å². The van der Waals surface area contributed by atoms with Crippen LogP contribution >= 0.6 is 0 Å². The molecule has 3 heteroatoms. The van der Waals surface area contributed by atoms with Crippen LogP contribution in [0.1, 0.15) is 16.7 Å². The van der Waals surface area contributed by atoms with Crippen molar-refractivity contribution in [2.75, 3.05) is 12.4 Å². The van der Waals surface area contributed by atoms with Crippen molar-refractivity contribution < 1.29 is 9.53 Å². The first kappa shape index (κ1) is 14.1. The molecule has 0 heterocycles. The number of aryl methyl sites for hydroxylation is 2. The zero-order valence-corrected chi connectivity index (χ0v) is 12.1. The number of anilines is 1. The van der Waals surface area contributed by atoms with Crippen molar-refractivity contribution in [3.05, 3.63) is 59.2 Å². The smallest absolute Gasteiger partial charge is 0.228 e. The summed E-state index contributed by atoms with van der Waals surface area (Å²) >= 11 is 0. The van der Waals surface area contributed by atoms with E-state index < -0.39 is 0 Å². The zero-order chi connectivity index (χ0) is 14.5. The Labute approximate surface area is 119 Å². The van der Waals surface area contributed by atoms with Gasteiger partial charge in [-0.25, -0.2) is 0 Å². The predicted octanol–water partition coefficient (Wildman–Crippen LogP) is 3.49. The van der Waals surface area contributed by atoms with Crippen LogP contribution in [0.2, 0.25) is 0 Å². The summed E-state index contributed by atoms with van der Waals surface area (Å²) in [6.07, 6.45) is 0.304. The molecule has 0 aliphatic rings. The van der Waals surface area contributed by atoms with Crippen molar-refractivity contribution in [3.8, 4) is 5.75 Å². The first-order valence-electron chi connectivity index (χ1n) is 6.58. The van der Waals surface area contributed by atoms with Crippen molar-refractivity contribution in [3.63, 3.8) is 0 Å². The Kier molecular flexibility index (Phi) is 4.41. The van der Waals surface area contributed by atoms with Gasteiger partial charge >= 0.3 is 0 Å². The van der Waals surface area contributed by atoms with Crippen molar-refractivity contribution in [2.24, 2.45) is 0 Å². The van der Waals surface area contributed by atoms with E-state index in [4.69, 9.17) is 4.74 Å². The van der Waals surface area contributed by atoms with E-state index in [1.54, 1.807) is 7.11 Å². The van der Waals surface area contributed by atoms with Crippen LogP contribution < -0.4 is 10.1 Å². The Balaban J connectivity index is 2.08. The van der Waals surface area contributed by atoms with Crippen LogP contribution in [0.4, 0.5) is 5.69 Å². The SMILES string of the molecule is COc1ccc(C)cc1CC(=O)Nc1ccc(C)cc1. The average molecular weight is 269 g/mol. The molecule has 1 amide bonds. The summed E-state index contributed by atoms with van der Waals surface area (Å²) < 4.78 is 5.29. The molecule has 2 aromatic rings. The summed E-state index contributed by atoms with van der Waals surface area (Å²) in [5.74, 6) is 0.701. The topological polar surface area (TPSA) is 38.3 Å². The molecule has 1 N–H and O–H groups in total. The number of carbonyl (C=O) groups excluding carboxylic acids is 1. The second-order valence-corrected chi connectivity index (χ2v) is 4.91. The molecule has 3 nitrogen and oxygen atoms in total. The van der Waals surface area contributed by atoms with Gasteiger partial charge in [0.05, 0.1) is 13.5 Å². The van der Waals surface area contributed by atoms with E-state index in [1.807, 2.05) is 56.3 Å². The Bertz CT molecular complexity index is 603. The standard InChI is InChI=1S/C17H19NO2/c1-12-4-7-15(8-5-12)18-17(19)11-14-10-13(2)6-9-16(14)20-3/h4-10H,11H2,1-3H3,(H,18,19). The number of ether oxygens (including phenoxy) is 1.